The van der Waals surface area contributed by atoms with E-state index in [0.717, 1.165) is 18.4 Å². The maximum Gasteiger partial charge on any atom is 0.196 e. The summed E-state index contributed by atoms with van der Waals surface area (Å²) in [5.41, 5.74) is 1.05. The van der Waals surface area contributed by atoms with Crippen LogP contribution in [0.1, 0.15) is 38.2 Å². The molecule has 2 rings (SSSR count). The van der Waals surface area contributed by atoms with Gasteiger partial charge in [0.2, 0.25) is 0 Å². The summed E-state index contributed by atoms with van der Waals surface area (Å²) in [6.45, 7) is 3.56. The Morgan fingerprint density at radius 3 is 2.75 bits per heavy atom. The molecule has 0 spiro atoms. The van der Waals surface area contributed by atoms with Crippen molar-refractivity contribution in [3.8, 4) is 0 Å². The van der Waals surface area contributed by atoms with Crippen molar-refractivity contribution in [1.82, 2.24) is 4.98 Å². The van der Waals surface area contributed by atoms with Crippen molar-refractivity contribution >= 4 is 0 Å². The van der Waals surface area contributed by atoms with Gasteiger partial charge in [-0.2, -0.15) is 0 Å². The molecule has 1 aliphatic heterocycles. The first-order valence-electron chi connectivity index (χ1n) is 6.06. The summed E-state index contributed by atoms with van der Waals surface area (Å²) in [5.74, 6) is -0.524. The molecule has 1 fully saturated rings. The van der Waals surface area contributed by atoms with Gasteiger partial charge in [0.1, 0.15) is 0 Å². The summed E-state index contributed by atoms with van der Waals surface area (Å²) in [7, 11) is 0. The number of hydrogen-bond acceptors (Lipinski definition) is 3. The van der Waals surface area contributed by atoms with Crippen molar-refractivity contribution in [2.45, 2.75) is 38.4 Å². The quantitative estimate of drug-likeness (QED) is 0.716. The molecule has 88 valence electrons. The molecule has 1 saturated heterocycles. The molecule has 16 heavy (non-hydrogen) atoms. The average molecular weight is 221 g/mol. The highest BCUT2D eigenvalue weighted by molar-refractivity contribution is 5.16. The van der Waals surface area contributed by atoms with Crippen molar-refractivity contribution in [2.75, 3.05) is 13.2 Å². The highest BCUT2D eigenvalue weighted by Gasteiger charge is 2.37. The van der Waals surface area contributed by atoms with E-state index in [4.69, 9.17) is 9.47 Å². The molecule has 0 bridgehead atoms. The van der Waals surface area contributed by atoms with E-state index in [2.05, 4.69) is 11.9 Å². The monoisotopic (exact) mass is 221 g/mol. The lowest BCUT2D eigenvalue weighted by Gasteiger charge is -2.27. The molecule has 0 unspecified atom stereocenters. The fourth-order valence-electron chi connectivity index (χ4n) is 2.11. The summed E-state index contributed by atoms with van der Waals surface area (Å²) in [5, 5.41) is 0. The van der Waals surface area contributed by atoms with Crippen LogP contribution in [0.3, 0.4) is 0 Å². The molecule has 0 aliphatic carbocycles. The minimum Gasteiger partial charge on any atom is -0.343 e. The molecule has 1 aliphatic rings. The summed E-state index contributed by atoms with van der Waals surface area (Å²) < 4.78 is 11.6. The molecule has 1 aromatic heterocycles. The van der Waals surface area contributed by atoms with E-state index in [1.54, 1.807) is 6.20 Å². The first-order valence-corrected chi connectivity index (χ1v) is 6.06. The SMILES string of the molecule is CCCCCC1(c2cccnc2)OCCO1. The zero-order valence-corrected chi connectivity index (χ0v) is 9.82. The molecule has 0 amide bonds. The number of unbranched alkanes of at least 4 members (excludes halogenated alkanes) is 2. The van der Waals surface area contributed by atoms with Crippen LogP contribution in [0, 0.1) is 0 Å². The molecule has 0 N–H and O–H groups in total. The van der Waals surface area contributed by atoms with Gasteiger partial charge in [-0.1, -0.05) is 25.8 Å². The van der Waals surface area contributed by atoms with Gasteiger partial charge in [-0.25, -0.2) is 0 Å². The van der Waals surface area contributed by atoms with Gasteiger partial charge in [0, 0.05) is 24.4 Å². The van der Waals surface area contributed by atoms with Crippen LogP contribution in [-0.2, 0) is 15.3 Å². The van der Waals surface area contributed by atoms with E-state index >= 15 is 0 Å². The van der Waals surface area contributed by atoms with Crippen LogP contribution in [0.15, 0.2) is 24.5 Å². The molecule has 3 heteroatoms. The highest BCUT2D eigenvalue weighted by atomic mass is 16.7. The van der Waals surface area contributed by atoms with E-state index in [1.807, 2.05) is 18.3 Å². The molecule has 0 atom stereocenters. The van der Waals surface area contributed by atoms with E-state index in [9.17, 15) is 0 Å². The predicted molar refractivity (Wildman–Crippen MR) is 62.0 cm³/mol. The van der Waals surface area contributed by atoms with Gasteiger partial charge in [0.15, 0.2) is 5.79 Å². The number of hydrogen-bond donors (Lipinski definition) is 0. The van der Waals surface area contributed by atoms with Gasteiger partial charge in [-0.05, 0) is 12.5 Å². The smallest absolute Gasteiger partial charge is 0.196 e. The molecule has 0 saturated carbocycles. The van der Waals surface area contributed by atoms with Crippen molar-refractivity contribution < 1.29 is 9.47 Å². The zero-order chi connectivity index (χ0) is 11.3. The Balaban J connectivity index is 2.09. The van der Waals surface area contributed by atoms with E-state index in [0.29, 0.717) is 13.2 Å². The van der Waals surface area contributed by atoms with E-state index in [-0.39, 0.29) is 0 Å². The Labute approximate surface area is 96.8 Å². The first kappa shape index (κ1) is 11.6. The Bertz CT molecular complexity index is 307. The van der Waals surface area contributed by atoms with Crippen LogP contribution in [-0.4, -0.2) is 18.2 Å². The summed E-state index contributed by atoms with van der Waals surface area (Å²) >= 11 is 0. The van der Waals surface area contributed by atoms with Crippen molar-refractivity contribution in [1.29, 1.82) is 0 Å². The van der Waals surface area contributed by atoms with Crippen LogP contribution < -0.4 is 0 Å². The second-order valence-electron chi connectivity index (χ2n) is 4.15. The maximum atomic E-state index is 5.81. The standard InChI is InChI=1S/C13H19NO2/c1-2-3-4-7-13(15-9-10-16-13)12-6-5-8-14-11-12/h5-6,8,11H,2-4,7,9-10H2,1H3. The first-order chi connectivity index (χ1) is 7.87. The molecule has 0 radical (unpaired) electrons. The largest absolute Gasteiger partial charge is 0.343 e. The van der Waals surface area contributed by atoms with Crippen molar-refractivity contribution in [3.63, 3.8) is 0 Å². The fraction of sp³-hybridized carbons (Fsp3) is 0.615. The molecular weight excluding hydrogens is 202 g/mol. The van der Waals surface area contributed by atoms with Crippen molar-refractivity contribution in [3.05, 3.63) is 30.1 Å². The molecular formula is C13H19NO2. The minimum absolute atomic E-state index is 0.524. The molecule has 3 nitrogen and oxygen atoms in total. The van der Waals surface area contributed by atoms with Gasteiger partial charge in [-0.3, -0.25) is 4.98 Å². The second kappa shape index (κ2) is 5.41. The number of ether oxygens (including phenoxy) is 2. The van der Waals surface area contributed by atoms with Gasteiger partial charge in [0.25, 0.3) is 0 Å². The van der Waals surface area contributed by atoms with Gasteiger partial charge < -0.3 is 9.47 Å². The third-order valence-electron chi connectivity index (χ3n) is 2.96. The summed E-state index contributed by atoms with van der Waals surface area (Å²) in [6.07, 6.45) is 8.10. The van der Waals surface area contributed by atoms with Crippen LogP contribution in [0.4, 0.5) is 0 Å². The average Bonchev–Trinajstić information content (AvgIpc) is 2.81. The van der Waals surface area contributed by atoms with Crippen molar-refractivity contribution in [2.24, 2.45) is 0 Å². The lowest BCUT2D eigenvalue weighted by Crippen LogP contribution is -2.27. The normalized spacial score (nSPS) is 18.8. The predicted octanol–water partition coefficient (Wildman–Crippen LogP) is 2.86. The Hall–Kier alpha value is -0.930. The number of rotatable bonds is 5. The molecule has 1 aromatic rings. The Kier molecular flexibility index (Phi) is 3.91. The third kappa shape index (κ3) is 2.42. The van der Waals surface area contributed by atoms with Gasteiger partial charge >= 0.3 is 0 Å². The van der Waals surface area contributed by atoms with Crippen LogP contribution in [0.25, 0.3) is 0 Å². The van der Waals surface area contributed by atoms with E-state index in [1.165, 1.54) is 12.8 Å². The number of aromatic nitrogens is 1. The molecule has 0 aromatic carbocycles. The number of pyridine rings is 1. The van der Waals surface area contributed by atoms with Crippen LogP contribution in [0.2, 0.25) is 0 Å². The Morgan fingerprint density at radius 1 is 1.31 bits per heavy atom. The van der Waals surface area contributed by atoms with E-state index < -0.39 is 5.79 Å². The van der Waals surface area contributed by atoms with Crippen LogP contribution >= 0.6 is 0 Å². The van der Waals surface area contributed by atoms with Gasteiger partial charge in [0.05, 0.1) is 13.2 Å². The Morgan fingerprint density at radius 2 is 2.12 bits per heavy atom. The zero-order valence-electron chi connectivity index (χ0n) is 9.82. The fourth-order valence-corrected chi connectivity index (χ4v) is 2.11. The molecule has 2 heterocycles. The van der Waals surface area contributed by atoms with Gasteiger partial charge in [-0.15, -0.1) is 0 Å². The third-order valence-corrected chi connectivity index (χ3v) is 2.96. The second-order valence-corrected chi connectivity index (χ2v) is 4.15. The minimum atomic E-state index is -0.524. The lowest BCUT2D eigenvalue weighted by molar-refractivity contribution is -0.172. The number of nitrogens with zero attached hydrogens (tertiary/aromatic N) is 1. The maximum absolute atomic E-state index is 5.81. The lowest BCUT2D eigenvalue weighted by atomic mass is 10.0. The topological polar surface area (TPSA) is 31.4 Å². The van der Waals surface area contributed by atoms with Crippen LogP contribution in [0.5, 0.6) is 0 Å². The summed E-state index contributed by atoms with van der Waals surface area (Å²) in [6, 6.07) is 3.96. The highest BCUT2D eigenvalue weighted by Crippen LogP contribution is 2.35. The summed E-state index contributed by atoms with van der Waals surface area (Å²) in [4.78, 5) is 4.14.